The largest absolute Gasteiger partial charge is 0.417 e. The average molecular weight is 619 g/mol. The van der Waals surface area contributed by atoms with Crippen LogP contribution in [-0.4, -0.2) is 82.7 Å². The second-order valence-electron chi connectivity index (χ2n) is 10.1. The molecule has 1 saturated carbocycles. The molecule has 1 amide bonds. The van der Waals surface area contributed by atoms with Crippen LogP contribution in [0.25, 0.3) is 0 Å². The van der Waals surface area contributed by atoms with Gasteiger partial charge in [0.1, 0.15) is 0 Å². The molecule has 1 aromatic carbocycles. The van der Waals surface area contributed by atoms with Crippen molar-refractivity contribution in [2.75, 3.05) is 32.7 Å². The molecule has 0 radical (unpaired) electrons. The number of hydrogen-bond donors (Lipinski definition) is 1. The Balaban J connectivity index is 1.46. The number of carbonyl (C=O) groups is 1. The van der Waals surface area contributed by atoms with Crippen LogP contribution in [0.1, 0.15) is 47.2 Å². The van der Waals surface area contributed by atoms with Crippen molar-refractivity contribution in [3.05, 3.63) is 41.1 Å². The molecule has 1 aliphatic heterocycles. The molecule has 1 N–H and O–H groups in total. The smallest absolute Gasteiger partial charge is 0.352 e. The van der Waals surface area contributed by atoms with E-state index >= 15 is 0 Å². The highest BCUT2D eigenvalue weighted by atomic mass is 32.2. The van der Waals surface area contributed by atoms with Gasteiger partial charge in [0.25, 0.3) is 15.9 Å². The third-order valence-corrected chi connectivity index (χ3v) is 9.17. The molecule has 1 aliphatic carbocycles. The minimum atomic E-state index is -5.26. The van der Waals surface area contributed by atoms with Crippen LogP contribution >= 0.6 is 0 Å². The second-order valence-corrected chi connectivity index (χ2v) is 12.0. The Morgan fingerprint density at radius 1 is 1.02 bits per heavy atom. The summed E-state index contributed by atoms with van der Waals surface area (Å²) in [6, 6.07) is 0.636. The SMILES string of the molecule is Cn1cc(S(=O)(=O)N2CCN(C3(CCNC(=O)c4ccc(C(F)(F)F)cc4C(F)(F)F)CCC(F)(F)C3)CC2)nn1. The predicted octanol–water partition coefficient (Wildman–Crippen LogP) is 3.54. The van der Waals surface area contributed by atoms with Crippen molar-refractivity contribution in [2.45, 2.75) is 54.5 Å². The molecule has 2 fully saturated rings. The monoisotopic (exact) mass is 618 g/mol. The Labute approximate surface area is 229 Å². The van der Waals surface area contributed by atoms with Crippen molar-refractivity contribution in [3.8, 4) is 0 Å². The molecule has 4 rings (SSSR count). The Kier molecular flexibility index (Phi) is 8.16. The first-order chi connectivity index (χ1) is 18.8. The fraction of sp³-hybridized carbons (Fsp3) is 0.609. The third kappa shape index (κ3) is 6.63. The number of rotatable bonds is 7. The van der Waals surface area contributed by atoms with Gasteiger partial charge < -0.3 is 5.32 Å². The van der Waals surface area contributed by atoms with E-state index in [4.69, 9.17) is 0 Å². The van der Waals surface area contributed by atoms with Crippen LogP contribution < -0.4 is 5.32 Å². The van der Waals surface area contributed by atoms with Crippen LogP contribution in [0, 0.1) is 0 Å². The van der Waals surface area contributed by atoms with Crippen molar-refractivity contribution in [3.63, 3.8) is 0 Å². The van der Waals surface area contributed by atoms with Crippen molar-refractivity contribution in [1.29, 1.82) is 0 Å². The van der Waals surface area contributed by atoms with Gasteiger partial charge in [0.2, 0.25) is 10.9 Å². The molecule has 0 bridgehead atoms. The minimum Gasteiger partial charge on any atom is -0.352 e. The molecule has 1 saturated heterocycles. The molecule has 0 spiro atoms. The van der Waals surface area contributed by atoms with E-state index in [1.54, 1.807) is 4.90 Å². The molecule has 41 heavy (non-hydrogen) atoms. The Morgan fingerprint density at radius 3 is 2.20 bits per heavy atom. The normalized spacial score (nSPS) is 22.7. The van der Waals surface area contributed by atoms with Crippen LogP contribution in [0.15, 0.2) is 29.4 Å². The zero-order valence-corrected chi connectivity index (χ0v) is 22.4. The van der Waals surface area contributed by atoms with Crippen molar-refractivity contribution >= 4 is 15.9 Å². The molecule has 2 aliphatic rings. The van der Waals surface area contributed by atoms with Gasteiger partial charge in [0, 0.05) is 58.2 Å². The van der Waals surface area contributed by atoms with Gasteiger partial charge in [-0.25, -0.2) is 17.2 Å². The van der Waals surface area contributed by atoms with E-state index in [-0.39, 0.29) is 56.7 Å². The summed E-state index contributed by atoms with van der Waals surface area (Å²) in [5.41, 5.74) is -5.56. The van der Waals surface area contributed by atoms with Crippen LogP contribution in [0.4, 0.5) is 35.1 Å². The quantitative estimate of drug-likeness (QED) is 0.477. The van der Waals surface area contributed by atoms with Crippen molar-refractivity contribution < 1.29 is 48.3 Å². The van der Waals surface area contributed by atoms with Gasteiger partial charge in [-0.2, -0.15) is 30.6 Å². The van der Waals surface area contributed by atoms with Gasteiger partial charge in [-0.3, -0.25) is 14.4 Å². The predicted molar refractivity (Wildman–Crippen MR) is 126 cm³/mol. The summed E-state index contributed by atoms with van der Waals surface area (Å²) in [4.78, 5) is 14.3. The summed E-state index contributed by atoms with van der Waals surface area (Å²) in [6.45, 7) is -0.287. The fourth-order valence-electron chi connectivity index (χ4n) is 5.35. The van der Waals surface area contributed by atoms with Gasteiger partial charge in [-0.15, -0.1) is 5.10 Å². The van der Waals surface area contributed by atoms with E-state index in [0.717, 1.165) is 4.31 Å². The highest BCUT2D eigenvalue weighted by molar-refractivity contribution is 7.89. The highest BCUT2D eigenvalue weighted by Crippen LogP contribution is 2.47. The van der Waals surface area contributed by atoms with E-state index in [1.165, 1.54) is 17.9 Å². The number of carbonyl (C=O) groups excluding carboxylic acids is 1. The number of piperazine rings is 1. The van der Waals surface area contributed by atoms with Crippen LogP contribution in [0.3, 0.4) is 0 Å². The first-order valence-corrected chi connectivity index (χ1v) is 13.8. The number of halogens is 8. The maximum atomic E-state index is 14.4. The highest BCUT2D eigenvalue weighted by Gasteiger charge is 2.53. The number of nitrogens with one attached hydrogen (secondary N) is 1. The molecule has 228 valence electrons. The number of aryl methyl sites for hydroxylation is 1. The molecule has 2 heterocycles. The molecule has 2 aromatic rings. The number of aromatic nitrogens is 3. The Hall–Kier alpha value is -2.86. The Morgan fingerprint density at radius 2 is 1.68 bits per heavy atom. The van der Waals surface area contributed by atoms with Gasteiger partial charge in [-0.05, 0) is 31.0 Å². The average Bonchev–Trinajstić information content (AvgIpc) is 3.46. The first kappa shape index (κ1) is 31.1. The number of amides is 1. The van der Waals surface area contributed by atoms with Crippen LogP contribution in [0.2, 0.25) is 0 Å². The molecule has 18 heteroatoms. The van der Waals surface area contributed by atoms with E-state index in [9.17, 15) is 48.3 Å². The summed E-state index contributed by atoms with van der Waals surface area (Å²) in [6.07, 6.45) is -10.3. The number of nitrogens with zero attached hydrogens (tertiary/aromatic N) is 5. The summed E-state index contributed by atoms with van der Waals surface area (Å²) in [5.74, 6) is -4.35. The second kappa shape index (κ2) is 10.8. The number of sulfonamides is 1. The van der Waals surface area contributed by atoms with Gasteiger partial charge in [-0.1, -0.05) is 5.21 Å². The fourth-order valence-corrected chi connectivity index (χ4v) is 6.69. The zero-order chi connectivity index (χ0) is 30.4. The minimum absolute atomic E-state index is 0.0130. The lowest BCUT2D eigenvalue weighted by Crippen LogP contribution is -2.58. The number of benzene rings is 1. The number of hydrogen-bond acceptors (Lipinski definition) is 6. The summed E-state index contributed by atoms with van der Waals surface area (Å²) in [7, 11) is -2.48. The van der Waals surface area contributed by atoms with Gasteiger partial charge >= 0.3 is 12.4 Å². The van der Waals surface area contributed by atoms with Gasteiger partial charge in [0.15, 0.2) is 0 Å². The van der Waals surface area contributed by atoms with E-state index in [2.05, 4.69) is 15.6 Å². The Bertz CT molecular complexity index is 1390. The van der Waals surface area contributed by atoms with E-state index < -0.39 is 69.3 Å². The summed E-state index contributed by atoms with van der Waals surface area (Å²) >= 11 is 0. The molecule has 9 nitrogen and oxygen atoms in total. The van der Waals surface area contributed by atoms with Gasteiger partial charge in [0.05, 0.1) is 22.9 Å². The maximum absolute atomic E-state index is 14.4. The molecule has 1 aromatic heterocycles. The lowest BCUT2D eigenvalue weighted by atomic mass is 9.89. The lowest BCUT2D eigenvalue weighted by molar-refractivity contribution is -0.143. The zero-order valence-electron chi connectivity index (χ0n) is 21.6. The summed E-state index contributed by atoms with van der Waals surface area (Å²) in [5, 5.41) is 9.19. The van der Waals surface area contributed by atoms with Crippen molar-refractivity contribution in [1.82, 2.24) is 29.5 Å². The van der Waals surface area contributed by atoms with Crippen LogP contribution in [-0.2, 0) is 29.4 Å². The maximum Gasteiger partial charge on any atom is 0.417 e. The summed E-state index contributed by atoms with van der Waals surface area (Å²) < 4.78 is 136. The first-order valence-electron chi connectivity index (χ1n) is 12.4. The van der Waals surface area contributed by atoms with Crippen molar-refractivity contribution in [2.24, 2.45) is 7.05 Å². The molecule has 1 atom stereocenters. The van der Waals surface area contributed by atoms with Crippen LogP contribution in [0.5, 0.6) is 0 Å². The molecule has 1 unspecified atom stereocenters. The third-order valence-electron chi connectivity index (χ3n) is 7.41. The lowest BCUT2D eigenvalue weighted by Gasteiger charge is -2.45. The van der Waals surface area contributed by atoms with E-state index in [1.807, 2.05) is 0 Å². The van der Waals surface area contributed by atoms with E-state index in [0.29, 0.717) is 12.1 Å². The molecular weight excluding hydrogens is 592 g/mol. The number of alkyl halides is 8. The standard InChI is InChI=1S/C23H26F8N6O3S/c1-35-13-18(33-34-35)41(39,40)37-10-8-36(9-11-37)20(4-5-21(24,25)14-20)6-7-32-19(38)16-3-2-15(22(26,27)28)12-17(16)23(29,30)31/h2-3,12-13H,4-11,14H2,1H3,(H,32,38). The molecular formula is C23H26F8N6O3S. The topological polar surface area (TPSA) is 100 Å².